The molecular formula is C7H16N2O8. The highest BCUT2D eigenvalue weighted by atomic mass is 17.1. The summed E-state index contributed by atoms with van der Waals surface area (Å²) in [5.41, 5.74) is 0. The van der Waals surface area contributed by atoms with Crippen LogP contribution in [0.5, 0.6) is 0 Å². The van der Waals surface area contributed by atoms with E-state index in [0.29, 0.717) is 12.8 Å². The Bertz CT molecular complexity index is 212. The number of carbonyl (C=O) groups is 1. The Kier molecular flexibility index (Phi) is 8.75. The predicted molar refractivity (Wildman–Crippen MR) is 47.8 cm³/mol. The van der Waals surface area contributed by atoms with Gasteiger partial charge < -0.3 is 5.11 Å². The lowest BCUT2D eigenvalue weighted by molar-refractivity contribution is -0.527. The molecule has 0 spiro atoms. The van der Waals surface area contributed by atoms with Gasteiger partial charge in [0.1, 0.15) is 12.7 Å². The first-order valence-electron chi connectivity index (χ1n) is 4.79. The van der Waals surface area contributed by atoms with Crippen molar-refractivity contribution >= 4 is 5.97 Å². The standard InChI is InChI=1S/C7H16N2O8/c10-7(11)4-2-1-3-6(17-9(14)15)5-16-8(12)13/h6,12-15H,1-5H2,(H,10,11). The maximum Gasteiger partial charge on any atom is 0.303 e. The zero-order chi connectivity index (χ0) is 13.3. The Morgan fingerprint density at radius 2 is 1.76 bits per heavy atom. The van der Waals surface area contributed by atoms with Crippen molar-refractivity contribution in [2.24, 2.45) is 0 Å². The molecule has 0 saturated carbocycles. The van der Waals surface area contributed by atoms with Gasteiger partial charge >= 0.3 is 5.97 Å². The molecule has 0 aliphatic rings. The zero-order valence-corrected chi connectivity index (χ0v) is 8.97. The fraction of sp³-hybridized carbons (Fsp3) is 0.857. The number of hydrogen-bond acceptors (Lipinski definition) is 9. The van der Waals surface area contributed by atoms with Crippen molar-refractivity contribution in [3.05, 3.63) is 0 Å². The van der Waals surface area contributed by atoms with E-state index in [1.807, 2.05) is 0 Å². The summed E-state index contributed by atoms with van der Waals surface area (Å²) in [6.07, 6.45) is 0.194. The summed E-state index contributed by atoms with van der Waals surface area (Å²) in [7, 11) is 0. The van der Waals surface area contributed by atoms with E-state index >= 15 is 0 Å². The average Bonchev–Trinajstić information content (AvgIpc) is 2.19. The van der Waals surface area contributed by atoms with Crippen molar-refractivity contribution in [2.45, 2.75) is 31.8 Å². The highest BCUT2D eigenvalue weighted by Crippen LogP contribution is 2.08. The van der Waals surface area contributed by atoms with Gasteiger partial charge in [-0.3, -0.25) is 25.6 Å². The molecule has 10 nitrogen and oxygen atoms in total. The molecule has 102 valence electrons. The molecule has 0 amide bonds. The summed E-state index contributed by atoms with van der Waals surface area (Å²) < 4.78 is 0. The van der Waals surface area contributed by atoms with Crippen LogP contribution in [0.2, 0.25) is 0 Å². The minimum atomic E-state index is -0.929. The van der Waals surface area contributed by atoms with Crippen LogP contribution in [0, 0.1) is 0 Å². The molecule has 0 heterocycles. The largest absolute Gasteiger partial charge is 0.481 e. The molecule has 5 N–H and O–H groups in total. The number of carboxylic acid groups (broad SMARTS) is 1. The summed E-state index contributed by atoms with van der Waals surface area (Å²) in [5.74, 6) is -0.929. The fourth-order valence-corrected chi connectivity index (χ4v) is 1.10. The maximum absolute atomic E-state index is 10.2. The molecule has 0 bridgehead atoms. The van der Waals surface area contributed by atoms with Crippen LogP contribution in [0.15, 0.2) is 0 Å². The second-order valence-electron chi connectivity index (χ2n) is 3.17. The molecule has 0 fully saturated rings. The van der Waals surface area contributed by atoms with Crippen molar-refractivity contribution in [3.8, 4) is 0 Å². The summed E-state index contributed by atoms with van der Waals surface area (Å²) in [6, 6.07) is 0. The molecule has 17 heavy (non-hydrogen) atoms. The minimum absolute atomic E-state index is 0.0122. The first kappa shape index (κ1) is 16.1. The SMILES string of the molecule is O=C(O)CCCCC(CON(O)O)ON(O)O. The van der Waals surface area contributed by atoms with Gasteiger partial charge in [0, 0.05) is 6.42 Å². The summed E-state index contributed by atoms with van der Waals surface area (Å²) in [4.78, 5) is 18.9. The second-order valence-corrected chi connectivity index (χ2v) is 3.17. The number of hydrogen-bond donors (Lipinski definition) is 5. The van der Waals surface area contributed by atoms with E-state index in [1.165, 1.54) is 0 Å². The molecule has 0 rings (SSSR count). The van der Waals surface area contributed by atoms with Crippen LogP contribution in [0.25, 0.3) is 0 Å². The molecule has 0 aliphatic heterocycles. The minimum Gasteiger partial charge on any atom is -0.481 e. The van der Waals surface area contributed by atoms with Crippen LogP contribution >= 0.6 is 0 Å². The van der Waals surface area contributed by atoms with Crippen LogP contribution in [-0.4, -0.2) is 55.4 Å². The molecular weight excluding hydrogens is 240 g/mol. The van der Waals surface area contributed by atoms with Crippen molar-refractivity contribution in [1.29, 1.82) is 0 Å². The number of aliphatic carboxylic acids is 1. The molecule has 0 radical (unpaired) electrons. The molecule has 1 unspecified atom stereocenters. The van der Waals surface area contributed by atoms with Gasteiger partial charge in [0.05, 0.1) is 10.8 Å². The molecule has 0 saturated heterocycles. The van der Waals surface area contributed by atoms with E-state index in [2.05, 4.69) is 9.68 Å². The Hall–Kier alpha value is -0.850. The third kappa shape index (κ3) is 11.4. The van der Waals surface area contributed by atoms with Crippen LogP contribution in [0.3, 0.4) is 0 Å². The van der Waals surface area contributed by atoms with Crippen molar-refractivity contribution in [1.82, 2.24) is 10.8 Å². The lowest BCUT2D eigenvalue weighted by atomic mass is 10.1. The van der Waals surface area contributed by atoms with E-state index in [9.17, 15) is 4.79 Å². The van der Waals surface area contributed by atoms with Gasteiger partial charge in [-0.15, -0.1) is 0 Å². The highest BCUT2D eigenvalue weighted by molar-refractivity contribution is 5.66. The second kappa shape index (κ2) is 9.21. The maximum atomic E-state index is 10.2. The van der Waals surface area contributed by atoms with Gasteiger partial charge in [-0.25, -0.2) is 9.68 Å². The van der Waals surface area contributed by atoms with Gasteiger partial charge in [0.2, 0.25) is 0 Å². The van der Waals surface area contributed by atoms with E-state index in [1.54, 1.807) is 0 Å². The van der Waals surface area contributed by atoms with E-state index < -0.39 is 22.9 Å². The Labute approximate surface area is 96.5 Å². The third-order valence-electron chi connectivity index (χ3n) is 1.79. The topological polar surface area (TPSA) is 143 Å². The van der Waals surface area contributed by atoms with Gasteiger partial charge in [-0.2, -0.15) is 0 Å². The average molecular weight is 256 g/mol. The molecule has 1 atom stereocenters. The van der Waals surface area contributed by atoms with Gasteiger partial charge in [-0.05, 0) is 12.8 Å². The summed E-state index contributed by atoms with van der Waals surface area (Å²) >= 11 is 0. The van der Waals surface area contributed by atoms with Crippen LogP contribution in [-0.2, 0) is 14.5 Å². The quantitative estimate of drug-likeness (QED) is 0.268. The van der Waals surface area contributed by atoms with Gasteiger partial charge in [0.25, 0.3) is 0 Å². The van der Waals surface area contributed by atoms with Crippen LogP contribution < -0.4 is 0 Å². The Morgan fingerprint density at radius 1 is 1.12 bits per heavy atom. The zero-order valence-electron chi connectivity index (χ0n) is 8.97. The number of unbranched alkanes of at least 4 members (excludes halogenated alkanes) is 1. The predicted octanol–water partition coefficient (Wildman–Crippen LogP) is 0.0240. The molecule has 0 aromatic rings. The monoisotopic (exact) mass is 256 g/mol. The van der Waals surface area contributed by atoms with Crippen molar-refractivity contribution in [2.75, 3.05) is 6.61 Å². The Balaban J connectivity index is 3.80. The molecule has 10 heteroatoms. The van der Waals surface area contributed by atoms with Gasteiger partial charge in [-0.1, -0.05) is 6.42 Å². The lowest BCUT2D eigenvalue weighted by Crippen LogP contribution is -2.31. The Morgan fingerprint density at radius 3 is 2.24 bits per heavy atom. The first-order chi connectivity index (χ1) is 7.91. The van der Waals surface area contributed by atoms with Gasteiger partial charge in [0.15, 0.2) is 0 Å². The van der Waals surface area contributed by atoms with E-state index in [4.69, 9.17) is 25.9 Å². The number of nitrogens with zero attached hydrogens (tertiary/aromatic N) is 2. The van der Waals surface area contributed by atoms with Crippen molar-refractivity contribution < 1.29 is 40.4 Å². The van der Waals surface area contributed by atoms with Crippen molar-refractivity contribution in [3.63, 3.8) is 0 Å². The van der Waals surface area contributed by atoms with E-state index in [-0.39, 0.29) is 19.4 Å². The molecule has 0 aromatic heterocycles. The summed E-state index contributed by atoms with van der Waals surface area (Å²) in [5, 5.41) is 40.7. The van der Waals surface area contributed by atoms with Crippen LogP contribution in [0.1, 0.15) is 25.7 Å². The number of rotatable bonds is 10. The fourth-order valence-electron chi connectivity index (χ4n) is 1.10. The third-order valence-corrected chi connectivity index (χ3v) is 1.79. The van der Waals surface area contributed by atoms with E-state index in [0.717, 1.165) is 0 Å². The van der Waals surface area contributed by atoms with Crippen LogP contribution in [0.4, 0.5) is 0 Å². The molecule has 0 aliphatic carbocycles. The highest BCUT2D eigenvalue weighted by Gasteiger charge is 2.15. The lowest BCUT2D eigenvalue weighted by Gasteiger charge is -2.18. The molecule has 0 aromatic carbocycles. The normalized spacial score (nSPS) is 13.3. The smallest absolute Gasteiger partial charge is 0.303 e. The summed E-state index contributed by atoms with van der Waals surface area (Å²) in [6.45, 7) is -0.350. The first-order valence-corrected chi connectivity index (χ1v) is 4.79. The number of carboxylic acids is 1.